The Morgan fingerprint density at radius 1 is 1.37 bits per heavy atom. The van der Waals surface area contributed by atoms with Crippen LogP contribution in [0.2, 0.25) is 5.15 Å². The first-order valence-electron chi connectivity index (χ1n) is 9.71. The van der Waals surface area contributed by atoms with Gasteiger partial charge in [-0.15, -0.1) is 0 Å². The molecular weight excluding hydrogens is 364 g/mol. The van der Waals surface area contributed by atoms with E-state index in [1.165, 1.54) is 0 Å². The van der Waals surface area contributed by atoms with Crippen molar-refractivity contribution in [2.45, 2.75) is 50.6 Å². The Morgan fingerprint density at radius 2 is 2.22 bits per heavy atom. The van der Waals surface area contributed by atoms with Crippen LogP contribution in [0.4, 0.5) is 5.82 Å². The maximum Gasteiger partial charge on any atom is 0.257 e. The lowest BCUT2D eigenvalue weighted by atomic mass is 9.69. The van der Waals surface area contributed by atoms with Gasteiger partial charge in [-0.05, 0) is 32.6 Å². The average molecular weight is 387 g/mol. The maximum atomic E-state index is 12.9. The Hall–Kier alpha value is -2.15. The minimum atomic E-state index is -0.102. The first-order chi connectivity index (χ1) is 13.1. The Kier molecular flexibility index (Phi) is 3.89. The Morgan fingerprint density at radius 3 is 2.89 bits per heavy atom. The molecule has 5 rings (SSSR count). The molecule has 0 spiro atoms. The van der Waals surface area contributed by atoms with Crippen molar-refractivity contribution in [3.8, 4) is 0 Å². The van der Waals surface area contributed by atoms with E-state index in [9.17, 15) is 4.79 Å². The van der Waals surface area contributed by atoms with Crippen LogP contribution >= 0.6 is 11.6 Å². The van der Waals surface area contributed by atoms with Crippen molar-refractivity contribution < 1.29 is 4.79 Å². The summed E-state index contributed by atoms with van der Waals surface area (Å²) < 4.78 is 1.79. The molecule has 0 aromatic carbocycles. The molecule has 2 atom stereocenters. The highest BCUT2D eigenvalue weighted by molar-refractivity contribution is 6.29. The van der Waals surface area contributed by atoms with Crippen molar-refractivity contribution in [3.63, 3.8) is 0 Å². The van der Waals surface area contributed by atoms with Crippen LogP contribution in [-0.4, -0.2) is 49.2 Å². The number of rotatable bonds is 5. The Balaban J connectivity index is 1.34. The van der Waals surface area contributed by atoms with Gasteiger partial charge in [0.05, 0.1) is 17.3 Å². The standard InChI is InChI=1S/C19H23ClN6O/c1-2-26-9-13(8-21-26)18(27)25-10-14-5-6-19(14,11-25)24-16-7-15(20)22-17(23-16)12-3-4-12/h7-9,12,14H,2-6,10-11H2,1H3,(H,22,23,24). The molecule has 7 nitrogen and oxygen atoms in total. The van der Waals surface area contributed by atoms with Crippen molar-refractivity contribution in [3.05, 3.63) is 35.0 Å². The van der Waals surface area contributed by atoms with E-state index in [2.05, 4.69) is 15.4 Å². The Bertz CT molecular complexity index is 894. The highest BCUT2D eigenvalue weighted by atomic mass is 35.5. The molecule has 2 unspecified atom stereocenters. The van der Waals surface area contributed by atoms with Gasteiger partial charge < -0.3 is 10.2 Å². The third kappa shape index (κ3) is 2.98. The summed E-state index contributed by atoms with van der Waals surface area (Å²) in [5, 5.41) is 8.34. The van der Waals surface area contributed by atoms with Gasteiger partial charge in [0, 0.05) is 43.7 Å². The number of fused-ring (bicyclic) bond motifs is 1. The van der Waals surface area contributed by atoms with Crippen LogP contribution in [0.25, 0.3) is 0 Å². The molecule has 2 aromatic rings. The molecule has 8 heteroatoms. The number of nitrogens with zero attached hydrogens (tertiary/aromatic N) is 5. The van der Waals surface area contributed by atoms with E-state index in [0.29, 0.717) is 29.1 Å². The summed E-state index contributed by atoms with van der Waals surface area (Å²) in [6, 6.07) is 1.80. The molecule has 1 N–H and O–H groups in total. The Labute approximate surface area is 163 Å². The SMILES string of the molecule is CCn1cc(C(=O)N2CC3CCC3(Nc3cc(Cl)nc(C4CC4)n3)C2)cn1. The zero-order chi connectivity index (χ0) is 18.6. The van der Waals surface area contributed by atoms with Gasteiger partial charge in [-0.2, -0.15) is 5.10 Å². The molecule has 2 aliphatic carbocycles. The monoisotopic (exact) mass is 386 g/mol. The van der Waals surface area contributed by atoms with Crippen LogP contribution in [0.5, 0.6) is 0 Å². The lowest BCUT2D eigenvalue weighted by Crippen LogP contribution is -2.53. The molecule has 0 radical (unpaired) electrons. The molecule has 1 saturated heterocycles. The molecule has 2 aromatic heterocycles. The number of aromatic nitrogens is 4. The van der Waals surface area contributed by atoms with Crippen molar-refractivity contribution in [2.24, 2.45) is 5.92 Å². The van der Waals surface area contributed by atoms with E-state index in [1.807, 2.05) is 18.0 Å². The zero-order valence-corrected chi connectivity index (χ0v) is 16.1. The second kappa shape index (κ2) is 6.19. The molecule has 27 heavy (non-hydrogen) atoms. The van der Waals surface area contributed by atoms with Crippen LogP contribution in [0.3, 0.4) is 0 Å². The van der Waals surface area contributed by atoms with E-state index in [-0.39, 0.29) is 11.4 Å². The summed E-state index contributed by atoms with van der Waals surface area (Å²) in [4.78, 5) is 23.9. The van der Waals surface area contributed by atoms with Crippen LogP contribution in [0.1, 0.15) is 54.7 Å². The number of anilines is 1. The first kappa shape index (κ1) is 17.0. The first-order valence-corrected chi connectivity index (χ1v) is 10.1. The van der Waals surface area contributed by atoms with E-state index in [4.69, 9.17) is 16.6 Å². The normalized spacial score (nSPS) is 26.6. The quantitative estimate of drug-likeness (QED) is 0.799. The maximum absolute atomic E-state index is 12.9. The van der Waals surface area contributed by atoms with Gasteiger partial charge in [0.2, 0.25) is 0 Å². The number of hydrogen-bond donors (Lipinski definition) is 1. The van der Waals surface area contributed by atoms with Crippen LogP contribution in [0.15, 0.2) is 18.5 Å². The number of likely N-dealkylation sites (tertiary alicyclic amines) is 1. The second-order valence-electron chi connectivity index (χ2n) is 8.00. The van der Waals surface area contributed by atoms with Gasteiger partial charge in [0.15, 0.2) is 0 Å². The number of halogens is 1. The predicted octanol–water partition coefficient (Wildman–Crippen LogP) is 2.94. The topological polar surface area (TPSA) is 75.9 Å². The van der Waals surface area contributed by atoms with Crippen LogP contribution in [-0.2, 0) is 6.54 Å². The molecule has 142 valence electrons. The lowest BCUT2D eigenvalue weighted by Gasteiger charge is -2.44. The molecule has 2 saturated carbocycles. The van der Waals surface area contributed by atoms with Crippen LogP contribution < -0.4 is 5.32 Å². The number of amides is 1. The molecular formula is C19H23ClN6O. The van der Waals surface area contributed by atoms with E-state index in [0.717, 1.165) is 50.4 Å². The summed E-state index contributed by atoms with van der Waals surface area (Å²) >= 11 is 6.22. The highest BCUT2D eigenvalue weighted by Crippen LogP contribution is 2.47. The van der Waals surface area contributed by atoms with Gasteiger partial charge in [-0.25, -0.2) is 9.97 Å². The van der Waals surface area contributed by atoms with Crippen LogP contribution in [0, 0.1) is 5.92 Å². The summed E-state index contributed by atoms with van der Waals surface area (Å²) in [6.07, 6.45) is 7.94. The number of hydrogen-bond acceptors (Lipinski definition) is 5. The number of aryl methyl sites for hydroxylation is 1. The fraction of sp³-hybridized carbons (Fsp3) is 0.579. The fourth-order valence-corrected chi connectivity index (χ4v) is 4.50. The second-order valence-corrected chi connectivity index (χ2v) is 8.38. The molecule has 3 heterocycles. The molecule has 3 aliphatic rings. The predicted molar refractivity (Wildman–Crippen MR) is 102 cm³/mol. The third-order valence-electron chi connectivity index (χ3n) is 6.16. The summed E-state index contributed by atoms with van der Waals surface area (Å²) in [6.45, 7) is 4.24. The van der Waals surface area contributed by atoms with Crippen molar-refractivity contribution >= 4 is 23.3 Å². The molecule has 1 aliphatic heterocycles. The zero-order valence-electron chi connectivity index (χ0n) is 15.4. The van der Waals surface area contributed by atoms with Crippen molar-refractivity contribution in [1.82, 2.24) is 24.6 Å². The van der Waals surface area contributed by atoms with Crippen molar-refractivity contribution in [1.29, 1.82) is 0 Å². The van der Waals surface area contributed by atoms with Gasteiger partial charge in [0.25, 0.3) is 5.91 Å². The number of nitrogens with one attached hydrogen (secondary N) is 1. The summed E-state index contributed by atoms with van der Waals surface area (Å²) in [5.41, 5.74) is 0.559. The largest absolute Gasteiger partial charge is 0.362 e. The van der Waals surface area contributed by atoms with E-state index < -0.39 is 0 Å². The van der Waals surface area contributed by atoms with Gasteiger partial charge in [0.1, 0.15) is 16.8 Å². The smallest absolute Gasteiger partial charge is 0.257 e. The summed E-state index contributed by atoms with van der Waals surface area (Å²) in [7, 11) is 0. The molecule has 1 amide bonds. The van der Waals surface area contributed by atoms with Gasteiger partial charge in [-0.1, -0.05) is 11.6 Å². The van der Waals surface area contributed by atoms with E-state index in [1.54, 1.807) is 16.9 Å². The molecule has 3 fully saturated rings. The average Bonchev–Trinajstić information content (AvgIpc) is 3.33. The summed E-state index contributed by atoms with van der Waals surface area (Å²) in [5.74, 6) is 2.59. The van der Waals surface area contributed by atoms with Gasteiger partial charge in [-0.3, -0.25) is 9.48 Å². The van der Waals surface area contributed by atoms with E-state index >= 15 is 0 Å². The molecule has 0 bridgehead atoms. The third-order valence-corrected chi connectivity index (χ3v) is 6.35. The number of carbonyl (C=O) groups excluding carboxylic acids is 1. The number of carbonyl (C=O) groups is 1. The minimum Gasteiger partial charge on any atom is -0.362 e. The highest BCUT2D eigenvalue weighted by Gasteiger charge is 2.54. The van der Waals surface area contributed by atoms with Crippen molar-refractivity contribution in [2.75, 3.05) is 18.4 Å². The lowest BCUT2D eigenvalue weighted by molar-refractivity contribution is 0.0786. The minimum absolute atomic E-state index is 0.0599. The fourth-order valence-electron chi connectivity index (χ4n) is 4.31. The van der Waals surface area contributed by atoms with Gasteiger partial charge >= 0.3 is 0 Å².